The maximum Gasteiger partial charge on any atom is 0.166 e. The van der Waals surface area contributed by atoms with Gasteiger partial charge in [-0.2, -0.15) is 0 Å². The third-order valence-corrected chi connectivity index (χ3v) is 2.21. The molecule has 2 aromatic rings. The Bertz CT molecular complexity index is 420. The standard InChI is InChI=1S/C12H11NO2/c14-12(11-5-7-15-9-11)4-3-10-2-1-6-13-8-10/h1-2,5-9H,3-4H2. The first-order chi connectivity index (χ1) is 7.36. The molecule has 0 N–H and O–H groups in total. The van der Waals surface area contributed by atoms with Crippen molar-refractivity contribution in [3.8, 4) is 0 Å². The second-order valence-electron chi connectivity index (χ2n) is 3.30. The Morgan fingerprint density at radius 2 is 2.33 bits per heavy atom. The van der Waals surface area contributed by atoms with Gasteiger partial charge in [-0.1, -0.05) is 6.07 Å². The van der Waals surface area contributed by atoms with Gasteiger partial charge in [-0.15, -0.1) is 0 Å². The largest absolute Gasteiger partial charge is 0.472 e. The van der Waals surface area contributed by atoms with Gasteiger partial charge in [0.25, 0.3) is 0 Å². The number of Topliss-reactive ketones (excluding diaryl/α,β-unsaturated/α-hetero) is 1. The highest BCUT2D eigenvalue weighted by atomic mass is 16.3. The lowest BCUT2D eigenvalue weighted by atomic mass is 10.1. The molecule has 0 aliphatic rings. The van der Waals surface area contributed by atoms with Crippen LogP contribution < -0.4 is 0 Å². The van der Waals surface area contributed by atoms with Crippen molar-refractivity contribution >= 4 is 5.78 Å². The Balaban J connectivity index is 1.92. The minimum absolute atomic E-state index is 0.104. The molecule has 0 bridgehead atoms. The lowest BCUT2D eigenvalue weighted by Gasteiger charge is -1.98. The molecular formula is C12H11NO2. The van der Waals surface area contributed by atoms with Crippen LogP contribution in [0.4, 0.5) is 0 Å². The smallest absolute Gasteiger partial charge is 0.166 e. The number of nitrogens with zero attached hydrogens (tertiary/aromatic N) is 1. The van der Waals surface area contributed by atoms with Crippen LogP contribution in [0.1, 0.15) is 22.3 Å². The maximum atomic E-state index is 11.6. The average molecular weight is 201 g/mol. The first kappa shape index (κ1) is 9.65. The minimum Gasteiger partial charge on any atom is -0.472 e. The quantitative estimate of drug-likeness (QED) is 0.714. The van der Waals surface area contributed by atoms with Gasteiger partial charge in [-0.25, -0.2) is 0 Å². The second-order valence-corrected chi connectivity index (χ2v) is 3.30. The second kappa shape index (κ2) is 4.55. The summed E-state index contributed by atoms with van der Waals surface area (Å²) in [7, 11) is 0. The van der Waals surface area contributed by atoms with Crippen molar-refractivity contribution in [2.24, 2.45) is 0 Å². The molecule has 76 valence electrons. The fraction of sp³-hybridized carbons (Fsp3) is 0.167. The predicted molar refractivity (Wildman–Crippen MR) is 55.6 cm³/mol. The topological polar surface area (TPSA) is 43.1 Å². The summed E-state index contributed by atoms with van der Waals surface area (Å²) in [5.41, 5.74) is 1.72. The van der Waals surface area contributed by atoms with E-state index in [2.05, 4.69) is 4.98 Å². The molecule has 3 heteroatoms. The SMILES string of the molecule is O=C(CCc1cccnc1)c1ccoc1. The van der Waals surface area contributed by atoms with Crippen molar-refractivity contribution in [3.63, 3.8) is 0 Å². The van der Waals surface area contributed by atoms with Crippen molar-refractivity contribution < 1.29 is 9.21 Å². The van der Waals surface area contributed by atoms with Gasteiger partial charge in [0, 0.05) is 18.8 Å². The molecule has 2 aromatic heterocycles. The molecule has 0 radical (unpaired) electrons. The Labute approximate surface area is 87.8 Å². The van der Waals surface area contributed by atoms with Gasteiger partial charge in [0.05, 0.1) is 11.8 Å². The third kappa shape index (κ3) is 2.53. The van der Waals surface area contributed by atoms with E-state index in [1.165, 1.54) is 12.5 Å². The molecule has 0 saturated heterocycles. The van der Waals surface area contributed by atoms with Gasteiger partial charge < -0.3 is 4.42 Å². The number of rotatable bonds is 4. The van der Waals surface area contributed by atoms with Crippen LogP contribution in [0.2, 0.25) is 0 Å². The highest BCUT2D eigenvalue weighted by Gasteiger charge is 2.06. The van der Waals surface area contributed by atoms with Gasteiger partial charge in [-0.3, -0.25) is 9.78 Å². The number of hydrogen-bond donors (Lipinski definition) is 0. The van der Waals surface area contributed by atoms with Gasteiger partial charge in [0.2, 0.25) is 0 Å². The van der Waals surface area contributed by atoms with E-state index in [1.807, 2.05) is 12.1 Å². The van der Waals surface area contributed by atoms with E-state index in [9.17, 15) is 4.79 Å². The first-order valence-corrected chi connectivity index (χ1v) is 4.80. The molecule has 0 saturated carbocycles. The van der Waals surface area contributed by atoms with E-state index in [-0.39, 0.29) is 5.78 Å². The Morgan fingerprint density at radius 3 is 3.00 bits per heavy atom. The van der Waals surface area contributed by atoms with Crippen molar-refractivity contribution in [1.82, 2.24) is 4.98 Å². The number of aryl methyl sites for hydroxylation is 1. The van der Waals surface area contributed by atoms with Gasteiger partial charge in [0.1, 0.15) is 6.26 Å². The van der Waals surface area contributed by atoms with Crippen LogP contribution in [0.3, 0.4) is 0 Å². The van der Waals surface area contributed by atoms with E-state index in [1.54, 1.807) is 18.5 Å². The normalized spacial score (nSPS) is 10.1. The summed E-state index contributed by atoms with van der Waals surface area (Å²) in [5, 5.41) is 0. The number of pyridine rings is 1. The van der Waals surface area contributed by atoms with E-state index in [4.69, 9.17) is 4.42 Å². The lowest BCUT2D eigenvalue weighted by molar-refractivity contribution is 0.0982. The maximum absolute atomic E-state index is 11.6. The molecule has 0 atom stereocenters. The van der Waals surface area contributed by atoms with Gasteiger partial charge in [-0.05, 0) is 24.1 Å². The van der Waals surface area contributed by atoms with E-state index in [0.717, 1.165) is 12.0 Å². The summed E-state index contributed by atoms with van der Waals surface area (Å²) in [5.74, 6) is 0.104. The van der Waals surface area contributed by atoms with Crippen LogP contribution in [0.25, 0.3) is 0 Å². The van der Waals surface area contributed by atoms with Gasteiger partial charge >= 0.3 is 0 Å². The number of carbonyl (C=O) groups excluding carboxylic acids is 1. The zero-order valence-electron chi connectivity index (χ0n) is 8.22. The van der Waals surface area contributed by atoms with Crippen molar-refractivity contribution in [2.45, 2.75) is 12.8 Å². The summed E-state index contributed by atoms with van der Waals surface area (Å²) < 4.78 is 4.85. The van der Waals surface area contributed by atoms with Crippen LogP contribution in [0.15, 0.2) is 47.5 Å². The molecule has 0 aromatic carbocycles. The number of ketones is 1. The van der Waals surface area contributed by atoms with Crippen molar-refractivity contribution in [1.29, 1.82) is 0 Å². The number of furan rings is 1. The number of carbonyl (C=O) groups is 1. The number of aromatic nitrogens is 1. The third-order valence-electron chi connectivity index (χ3n) is 2.21. The van der Waals surface area contributed by atoms with E-state index >= 15 is 0 Å². The highest BCUT2D eigenvalue weighted by molar-refractivity contribution is 5.95. The lowest BCUT2D eigenvalue weighted by Crippen LogP contribution is -1.99. The Hall–Kier alpha value is -1.90. The Kier molecular flexibility index (Phi) is 2.93. The summed E-state index contributed by atoms with van der Waals surface area (Å²) >= 11 is 0. The van der Waals surface area contributed by atoms with Crippen LogP contribution in [0, 0.1) is 0 Å². The monoisotopic (exact) mass is 201 g/mol. The highest BCUT2D eigenvalue weighted by Crippen LogP contribution is 2.07. The molecule has 0 aliphatic carbocycles. The van der Waals surface area contributed by atoms with Crippen LogP contribution in [-0.2, 0) is 6.42 Å². The summed E-state index contributed by atoms with van der Waals surface area (Å²) in [6, 6.07) is 5.53. The van der Waals surface area contributed by atoms with Crippen LogP contribution in [0.5, 0.6) is 0 Å². The predicted octanol–water partition coefficient (Wildman–Crippen LogP) is 2.49. The van der Waals surface area contributed by atoms with E-state index < -0.39 is 0 Å². The fourth-order valence-electron chi connectivity index (χ4n) is 1.37. The molecule has 3 nitrogen and oxygen atoms in total. The molecule has 2 rings (SSSR count). The van der Waals surface area contributed by atoms with Crippen molar-refractivity contribution in [2.75, 3.05) is 0 Å². The summed E-state index contributed by atoms with van der Waals surface area (Å²) in [6.07, 6.45) is 7.70. The van der Waals surface area contributed by atoms with Gasteiger partial charge in [0.15, 0.2) is 5.78 Å². The zero-order chi connectivity index (χ0) is 10.5. The fourth-order valence-corrected chi connectivity index (χ4v) is 1.37. The minimum atomic E-state index is 0.104. The number of hydrogen-bond acceptors (Lipinski definition) is 3. The molecule has 2 heterocycles. The first-order valence-electron chi connectivity index (χ1n) is 4.80. The molecule has 0 amide bonds. The Morgan fingerprint density at radius 1 is 1.40 bits per heavy atom. The van der Waals surface area contributed by atoms with E-state index in [0.29, 0.717) is 12.0 Å². The zero-order valence-corrected chi connectivity index (χ0v) is 8.22. The molecule has 0 spiro atoms. The van der Waals surface area contributed by atoms with Crippen molar-refractivity contribution in [3.05, 3.63) is 54.2 Å². The summed E-state index contributed by atoms with van der Waals surface area (Å²) in [4.78, 5) is 15.6. The summed E-state index contributed by atoms with van der Waals surface area (Å²) in [6.45, 7) is 0. The molecular weight excluding hydrogens is 190 g/mol. The molecule has 0 fully saturated rings. The van der Waals surface area contributed by atoms with Crippen LogP contribution in [-0.4, -0.2) is 10.8 Å². The molecule has 0 unspecified atom stereocenters. The molecule has 15 heavy (non-hydrogen) atoms. The average Bonchev–Trinajstić information content (AvgIpc) is 2.81. The molecule has 0 aliphatic heterocycles. The van der Waals surface area contributed by atoms with Crippen LogP contribution >= 0.6 is 0 Å².